The highest BCUT2D eigenvalue weighted by Crippen LogP contribution is 2.50. The van der Waals surface area contributed by atoms with E-state index in [9.17, 15) is 0 Å². The first-order valence-corrected chi connectivity index (χ1v) is 50.5. The number of hydrazine groups is 5. The zero-order chi connectivity index (χ0) is 93.8. The molecule has 5 fully saturated rings. The quantitative estimate of drug-likeness (QED) is 0.0142. The minimum Gasteiger partial charge on any atom is -0.338 e. The van der Waals surface area contributed by atoms with E-state index in [-0.39, 0.29) is 91.8 Å². The molecule has 0 radical (unpaired) electrons. The van der Waals surface area contributed by atoms with Crippen molar-refractivity contribution in [3.63, 3.8) is 0 Å². The van der Waals surface area contributed by atoms with E-state index in [1.807, 2.05) is 0 Å². The van der Waals surface area contributed by atoms with Gasteiger partial charge in [-0.2, -0.15) is 44.9 Å². The number of anilines is 7. The molecule has 0 aromatic carbocycles. The topological polar surface area (TPSA) is 319 Å². The Morgan fingerprint density at radius 3 is 1.03 bits per heavy atom. The van der Waals surface area contributed by atoms with Gasteiger partial charge in [0.1, 0.15) is 0 Å². The van der Waals surface area contributed by atoms with Crippen molar-refractivity contribution in [2.45, 2.75) is 530 Å². The number of rotatable bonds is 49. The van der Waals surface area contributed by atoms with Crippen LogP contribution in [0, 0.1) is 0 Å². The maximum atomic E-state index is 7.55. The third-order valence-electron chi connectivity index (χ3n) is 26.9. The van der Waals surface area contributed by atoms with Gasteiger partial charge in [-0.05, 0) is 288 Å². The van der Waals surface area contributed by atoms with E-state index in [2.05, 4.69) is 316 Å². The zero-order valence-electron chi connectivity index (χ0n) is 86.6. The first kappa shape index (κ1) is 106. The van der Waals surface area contributed by atoms with E-state index >= 15 is 0 Å². The molecular weight excluding hydrogens is 1570 g/mol. The fraction of sp³-hybridized carbons (Fsp3) is 0.907. The average molecular weight is 1760 g/mol. The molecule has 29 heteroatoms. The van der Waals surface area contributed by atoms with Gasteiger partial charge in [-0.25, -0.2) is 26.3 Å². The Morgan fingerprint density at radius 2 is 0.619 bits per heavy atom. The normalized spacial score (nSPS) is 21.9. The molecule has 0 amide bonds. The fourth-order valence-corrected chi connectivity index (χ4v) is 22.9. The number of nitrogens with one attached hydrogen (secondary N) is 8. The van der Waals surface area contributed by atoms with Gasteiger partial charge in [0.2, 0.25) is 41.6 Å². The van der Waals surface area contributed by atoms with Gasteiger partial charge in [0.15, 0.2) is 11.6 Å². The largest absolute Gasteiger partial charge is 0.338 e. The molecule has 0 aliphatic carbocycles. The summed E-state index contributed by atoms with van der Waals surface area (Å²) in [4.78, 5) is 59.8. The van der Waals surface area contributed by atoms with Gasteiger partial charge in [-0.15, -0.1) is 0 Å². The lowest BCUT2D eigenvalue weighted by atomic mass is 9.77. The second kappa shape index (κ2) is 43.9. The van der Waals surface area contributed by atoms with Crippen LogP contribution in [-0.4, -0.2) is 198 Å². The summed E-state index contributed by atoms with van der Waals surface area (Å²) in [6.07, 6.45) is 23.5. The van der Waals surface area contributed by atoms with Gasteiger partial charge in [0.25, 0.3) is 0 Å². The van der Waals surface area contributed by atoms with Crippen molar-refractivity contribution in [3.05, 3.63) is 11.6 Å². The lowest BCUT2D eigenvalue weighted by Gasteiger charge is -2.60. The molecule has 724 valence electrons. The molecule has 5 aliphatic heterocycles. The molecule has 126 heavy (non-hydrogen) atoms. The second-order valence-corrected chi connectivity index (χ2v) is 46.3. The van der Waals surface area contributed by atoms with Crippen LogP contribution in [0.5, 0.6) is 0 Å². The van der Waals surface area contributed by atoms with Crippen LogP contribution in [-0.2, 0) is 11.1 Å². The van der Waals surface area contributed by atoms with E-state index in [1.165, 1.54) is 0 Å². The van der Waals surface area contributed by atoms with Crippen LogP contribution in [0.1, 0.15) is 426 Å². The summed E-state index contributed by atoms with van der Waals surface area (Å²) >= 11 is 0. The summed E-state index contributed by atoms with van der Waals surface area (Å²) in [6.45, 7) is 81.8. The second-order valence-electron chi connectivity index (χ2n) is 46.3. The number of piperidine rings is 5. The third kappa shape index (κ3) is 28.3. The third-order valence-corrected chi connectivity index (χ3v) is 26.9. The molecular formula is C97H191N29. The Hall–Kier alpha value is -4.89. The monoisotopic (exact) mass is 1760 g/mol. The molecule has 4 atom stereocenters. The van der Waals surface area contributed by atoms with Crippen LogP contribution in [0.4, 0.5) is 41.6 Å². The average Bonchev–Trinajstić information content (AvgIpc) is 0.721. The smallest absolute Gasteiger partial charge is 0.248 e. The van der Waals surface area contributed by atoms with Crippen LogP contribution in [0.25, 0.3) is 0 Å². The molecule has 8 rings (SSSR count). The van der Waals surface area contributed by atoms with Crippen molar-refractivity contribution >= 4 is 41.6 Å². The highest BCUT2D eigenvalue weighted by atomic mass is 15.7. The van der Waals surface area contributed by atoms with Crippen molar-refractivity contribution in [2.24, 2.45) is 17.2 Å². The zero-order valence-corrected chi connectivity index (χ0v) is 86.6. The van der Waals surface area contributed by atoms with Crippen LogP contribution in [0.15, 0.2) is 0 Å². The van der Waals surface area contributed by atoms with Gasteiger partial charge in [0.05, 0.1) is 41.7 Å². The summed E-state index contributed by atoms with van der Waals surface area (Å²) < 4.78 is 0. The van der Waals surface area contributed by atoms with Crippen molar-refractivity contribution in [2.75, 3.05) is 74.1 Å². The molecule has 8 heterocycles. The van der Waals surface area contributed by atoms with Crippen LogP contribution >= 0.6 is 0 Å². The van der Waals surface area contributed by atoms with Crippen molar-refractivity contribution in [3.8, 4) is 0 Å². The van der Waals surface area contributed by atoms with Gasteiger partial charge in [-0.1, -0.05) is 127 Å². The molecule has 0 spiro atoms. The van der Waals surface area contributed by atoms with Gasteiger partial charge < -0.3 is 53.6 Å². The van der Waals surface area contributed by atoms with Crippen molar-refractivity contribution in [1.29, 1.82) is 0 Å². The van der Waals surface area contributed by atoms with Gasteiger partial charge in [0, 0.05) is 113 Å². The highest BCUT2D eigenvalue weighted by molar-refractivity contribution is 5.50. The molecule has 4 unspecified atom stereocenters. The van der Waals surface area contributed by atoms with E-state index in [0.29, 0.717) is 98.7 Å². The summed E-state index contributed by atoms with van der Waals surface area (Å²) in [6, 6.07) is -0.759. The predicted octanol–water partition coefficient (Wildman–Crippen LogP) is 16.7. The first-order chi connectivity index (χ1) is 58.7. The molecule has 0 bridgehead atoms. The predicted molar refractivity (Wildman–Crippen MR) is 529 cm³/mol. The molecule has 29 nitrogen and oxygen atoms in total. The lowest BCUT2D eigenvalue weighted by Crippen LogP contribution is -2.72. The molecule has 5 saturated heterocycles. The Labute approximate surface area is 768 Å². The van der Waals surface area contributed by atoms with E-state index in [4.69, 9.17) is 62.1 Å². The number of hydrogen-bond acceptors (Lipinski definition) is 29. The van der Waals surface area contributed by atoms with Crippen molar-refractivity contribution in [1.82, 2.24) is 97.7 Å². The van der Waals surface area contributed by atoms with E-state index < -0.39 is 23.4 Å². The van der Waals surface area contributed by atoms with E-state index in [1.54, 1.807) is 0 Å². The highest BCUT2D eigenvalue weighted by Gasteiger charge is 2.57. The number of aromatic nitrogens is 9. The van der Waals surface area contributed by atoms with Crippen LogP contribution in [0.3, 0.4) is 0 Å². The number of nitrogens with two attached hydrogens (primary N) is 3. The standard InChI is InChI=1S/C97H191N29/c1-34-44-53-101-120(58-49-39-6)81-110-83(122(76(100)52-42-9)103-55-46-36-3)112-85(111-81)123(70-61-88(15,16)114-89(17,18)62-70)125(72-65-92(23,24)116-93(25,26)66-72)96(31,32)77-104-79(118(56-47-37-4)69-59-86(11,12)113-87(13,14)60-69)109-84(105-77)124(71-63-90(19,20)115-91(21,22)64-71)126(73-67-94(27,28)117-95(29,30)68-73)97(33,43-10)78-106-80(119(57-48-38-5)74(98)50-40-7)108-82(107-78)121(75(99)51-41-8)102-54-45-35-2/h69-76,101-103,113-117H,34-68,98-100H2,1-33H3. The SMILES string of the molecule is CCCCNN(CCCC)c1nc(N(NCCCC)C(N)CCC)nc(N(C2CC(C)(C)NC(C)(C)C2)N(C2CC(C)(C)NC(C)(C)C2)C(C)(C)c2nc(N(CCCC)C3CC(C)(C)NC(C)(C)C3)nc(N(C3CC(C)(C)NC(C)(C)C3)N(C3CC(C)(C)NC(C)(C)C3)C(C)(CC)c3nc(N(CCCC)C(N)CCC)nc(N(NCCCC)C(N)CCC)n3)n2)n1. The molecule has 0 saturated carbocycles. The summed E-state index contributed by atoms with van der Waals surface area (Å²) in [7, 11) is 0. The Balaban J connectivity index is 1.67. The maximum Gasteiger partial charge on any atom is 0.248 e. The van der Waals surface area contributed by atoms with Crippen LogP contribution in [0.2, 0.25) is 0 Å². The minimum atomic E-state index is -1.13. The number of nitrogens with zero attached hydrogens (tertiary/aromatic N) is 18. The number of unbranched alkanes of at least 4 members (excludes halogenated alkanes) is 6. The minimum absolute atomic E-state index is 0.0291. The summed E-state index contributed by atoms with van der Waals surface area (Å²) in [5.41, 5.74) is 28.6. The Morgan fingerprint density at radius 1 is 0.317 bits per heavy atom. The van der Waals surface area contributed by atoms with Gasteiger partial charge in [-0.3, -0.25) is 25.0 Å². The number of hydrogen-bond donors (Lipinski definition) is 11. The molecule has 3 aromatic heterocycles. The lowest BCUT2D eigenvalue weighted by molar-refractivity contribution is -0.0402. The Bertz CT molecular complexity index is 3720. The van der Waals surface area contributed by atoms with E-state index in [0.717, 1.165) is 180 Å². The van der Waals surface area contributed by atoms with Crippen LogP contribution < -0.4 is 94.9 Å². The van der Waals surface area contributed by atoms with Crippen molar-refractivity contribution < 1.29 is 0 Å². The summed E-state index contributed by atoms with van der Waals surface area (Å²) in [5, 5.41) is 38.0. The Kier molecular flexibility index (Phi) is 37.1. The molecule has 5 aliphatic rings. The fourth-order valence-electron chi connectivity index (χ4n) is 22.9. The first-order valence-electron chi connectivity index (χ1n) is 50.5. The molecule has 3 aromatic rings. The summed E-state index contributed by atoms with van der Waals surface area (Å²) in [5.74, 6) is 5.19. The maximum absolute atomic E-state index is 7.55. The van der Waals surface area contributed by atoms with Gasteiger partial charge >= 0.3 is 0 Å². The molecule has 14 N–H and O–H groups in total.